The summed E-state index contributed by atoms with van der Waals surface area (Å²) in [4.78, 5) is 24.4. The van der Waals surface area contributed by atoms with E-state index in [0.717, 1.165) is 33.5 Å². The van der Waals surface area contributed by atoms with Crippen LogP contribution in [0.4, 0.5) is 10.5 Å². The van der Waals surface area contributed by atoms with Gasteiger partial charge in [0.15, 0.2) is 6.10 Å². The average molecular weight is 420 g/mol. The molecule has 5 heterocycles. The number of amides is 1. The van der Waals surface area contributed by atoms with Crippen LogP contribution < -0.4 is 4.90 Å². The number of ether oxygens (including phenoxy) is 2. The second-order valence-electron chi connectivity index (χ2n) is 7.72. The van der Waals surface area contributed by atoms with E-state index in [4.69, 9.17) is 9.47 Å². The number of nitrogens with one attached hydrogen (secondary N) is 1. The fourth-order valence-electron chi connectivity index (χ4n) is 4.01. The van der Waals surface area contributed by atoms with Crippen molar-refractivity contribution in [3.63, 3.8) is 0 Å². The summed E-state index contributed by atoms with van der Waals surface area (Å²) in [5, 5.41) is 5.29. The number of anilines is 1. The maximum Gasteiger partial charge on any atom is 0.410 e. The number of aromatic nitrogens is 4. The molecule has 0 bridgehead atoms. The van der Waals surface area contributed by atoms with Gasteiger partial charge in [0.1, 0.15) is 5.65 Å². The van der Waals surface area contributed by atoms with Gasteiger partial charge in [-0.3, -0.25) is 4.68 Å². The summed E-state index contributed by atoms with van der Waals surface area (Å²) in [7, 11) is 1.89. The molecular formula is C22H24N6O3. The van der Waals surface area contributed by atoms with Crippen LogP contribution in [-0.2, 0) is 16.5 Å². The van der Waals surface area contributed by atoms with Gasteiger partial charge in [-0.05, 0) is 13.0 Å². The summed E-state index contributed by atoms with van der Waals surface area (Å²) in [5.41, 5.74) is 4.66. The summed E-state index contributed by atoms with van der Waals surface area (Å²) < 4.78 is 12.3. The lowest BCUT2D eigenvalue weighted by molar-refractivity contribution is -0.104. The summed E-state index contributed by atoms with van der Waals surface area (Å²) >= 11 is 0. The highest BCUT2D eigenvalue weighted by molar-refractivity contribution is 6.00. The molecule has 2 saturated heterocycles. The molecular weight excluding hydrogens is 396 g/mol. The van der Waals surface area contributed by atoms with Crippen molar-refractivity contribution in [3.8, 4) is 23.1 Å². The van der Waals surface area contributed by atoms with Gasteiger partial charge in [0.25, 0.3) is 0 Å². The van der Waals surface area contributed by atoms with Crippen LogP contribution in [0.25, 0.3) is 22.3 Å². The standard InChI is InChI=1S/C22H24N6O3/c1-3-4-17-19-18(5-6-23-21(19)25-20(17)15-11-24-26(2)12-15)27-7-9-28(10-8-27)22(29)31-16-13-30-14-16/h5-6,11-12,16H,7-10,13-14H2,1-2H3,(H,23,25). The van der Waals surface area contributed by atoms with Gasteiger partial charge >= 0.3 is 6.09 Å². The SMILES string of the molecule is CC#Cc1c(-c2cnn(C)c2)[nH]c2nccc(N3CCN(C(=O)OC4COC4)CC3)c12. The number of nitrogens with zero attached hydrogens (tertiary/aromatic N) is 5. The molecule has 0 aliphatic carbocycles. The summed E-state index contributed by atoms with van der Waals surface area (Å²) in [6.07, 6.45) is 5.23. The van der Waals surface area contributed by atoms with E-state index in [1.54, 1.807) is 9.58 Å². The number of hydrogen-bond donors (Lipinski definition) is 1. The van der Waals surface area contributed by atoms with Gasteiger partial charge in [-0.25, -0.2) is 9.78 Å². The van der Waals surface area contributed by atoms with Gasteiger partial charge < -0.3 is 24.3 Å². The highest BCUT2D eigenvalue weighted by Gasteiger charge is 2.29. The van der Waals surface area contributed by atoms with Crippen molar-refractivity contribution in [2.24, 2.45) is 7.05 Å². The molecule has 2 aliphatic rings. The second kappa shape index (κ2) is 7.96. The number of carbonyl (C=O) groups is 1. The van der Waals surface area contributed by atoms with E-state index in [1.165, 1.54) is 0 Å². The van der Waals surface area contributed by atoms with Crippen LogP contribution in [0.5, 0.6) is 0 Å². The van der Waals surface area contributed by atoms with Crippen molar-refractivity contribution >= 4 is 22.8 Å². The van der Waals surface area contributed by atoms with E-state index in [1.807, 2.05) is 38.6 Å². The molecule has 160 valence electrons. The maximum atomic E-state index is 12.3. The third-order valence-electron chi connectivity index (χ3n) is 5.67. The van der Waals surface area contributed by atoms with E-state index < -0.39 is 0 Å². The first kappa shape index (κ1) is 19.5. The number of aryl methyl sites for hydroxylation is 1. The first-order chi connectivity index (χ1) is 15.1. The van der Waals surface area contributed by atoms with Crippen LogP contribution >= 0.6 is 0 Å². The predicted octanol–water partition coefficient (Wildman–Crippen LogP) is 1.99. The summed E-state index contributed by atoms with van der Waals surface area (Å²) in [6.45, 7) is 5.45. The average Bonchev–Trinajstić information content (AvgIpc) is 3.34. The number of piperazine rings is 1. The minimum absolute atomic E-state index is 0.105. The van der Waals surface area contributed by atoms with E-state index in [9.17, 15) is 4.79 Å². The van der Waals surface area contributed by atoms with Crippen LogP contribution in [0.2, 0.25) is 0 Å². The van der Waals surface area contributed by atoms with Crippen molar-refractivity contribution in [2.75, 3.05) is 44.3 Å². The lowest BCUT2D eigenvalue weighted by atomic mass is 10.1. The minimum Gasteiger partial charge on any atom is -0.441 e. The Bertz CT molecular complexity index is 1180. The highest BCUT2D eigenvalue weighted by atomic mass is 16.6. The van der Waals surface area contributed by atoms with Crippen LogP contribution in [0.1, 0.15) is 12.5 Å². The number of rotatable bonds is 3. The van der Waals surface area contributed by atoms with Crippen molar-refractivity contribution in [1.82, 2.24) is 24.6 Å². The fourth-order valence-corrected chi connectivity index (χ4v) is 4.01. The zero-order chi connectivity index (χ0) is 21.4. The molecule has 1 N–H and O–H groups in total. The lowest BCUT2D eigenvalue weighted by Gasteiger charge is -2.37. The molecule has 2 aliphatic heterocycles. The molecule has 1 amide bonds. The Morgan fingerprint density at radius 3 is 2.74 bits per heavy atom. The van der Waals surface area contributed by atoms with Gasteiger partial charge in [-0.2, -0.15) is 5.10 Å². The fraction of sp³-hybridized carbons (Fsp3) is 0.409. The molecule has 9 heteroatoms. The quantitative estimate of drug-likeness (QED) is 0.652. The Morgan fingerprint density at radius 1 is 1.29 bits per heavy atom. The molecule has 0 radical (unpaired) electrons. The van der Waals surface area contributed by atoms with Gasteiger partial charge in [0.2, 0.25) is 0 Å². The molecule has 0 aromatic carbocycles. The Balaban J connectivity index is 1.43. The number of H-pyrrole nitrogens is 1. The molecule has 9 nitrogen and oxygen atoms in total. The first-order valence-electron chi connectivity index (χ1n) is 10.3. The van der Waals surface area contributed by atoms with Crippen LogP contribution in [0, 0.1) is 11.8 Å². The molecule has 2 fully saturated rings. The number of aromatic amines is 1. The predicted molar refractivity (Wildman–Crippen MR) is 116 cm³/mol. The molecule has 31 heavy (non-hydrogen) atoms. The maximum absolute atomic E-state index is 12.3. The Labute approximate surface area is 179 Å². The van der Waals surface area contributed by atoms with E-state index in [0.29, 0.717) is 39.4 Å². The normalized spacial score (nSPS) is 16.7. The molecule has 3 aromatic heterocycles. The topological polar surface area (TPSA) is 88.5 Å². The molecule has 3 aromatic rings. The van der Waals surface area contributed by atoms with Crippen molar-refractivity contribution in [2.45, 2.75) is 13.0 Å². The van der Waals surface area contributed by atoms with Crippen LogP contribution in [0.15, 0.2) is 24.7 Å². The molecule has 0 atom stereocenters. The Morgan fingerprint density at radius 2 is 2.10 bits per heavy atom. The van der Waals surface area contributed by atoms with Crippen molar-refractivity contribution in [1.29, 1.82) is 0 Å². The number of pyridine rings is 1. The number of carbonyl (C=O) groups excluding carboxylic acids is 1. The second-order valence-corrected chi connectivity index (χ2v) is 7.72. The van der Waals surface area contributed by atoms with Crippen molar-refractivity contribution in [3.05, 3.63) is 30.2 Å². The van der Waals surface area contributed by atoms with Crippen molar-refractivity contribution < 1.29 is 14.3 Å². The van der Waals surface area contributed by atoms with E-state index >= 15 is 0 Å². The van der Waals surface area contributed by atoms with Crippen LogP contribution in [0.3, 0.4) is 0 Å². The van der Waals surface area contributed by atoms with E-state index in [-0.39, 0.29) is 12.2 Å². The van der Waals surface area contributed by atoms with Crippen LogP contribution in [-0.4, -0.2) is 76.2 Å². The Kier molecular flexibility index (Phi) is 5.00. The van der Waals surface area contributed by atoms with Gasteiger partial charge in [0, 0.05) is 51.2 Å². The van der Waals surface area contributed by atoms with Gasteiger partial charge in [-0.15, -0.1) is 5.92 Å². The first-order valence-corrected chi connectivity index (χ1v) is 10.3. The zero-order valence-electron chi connectivity index (χ0n) is 17.6. The largest absolute Gasteiger partial charge is 0.441 e. The number of fused-ring (bicyclic) bond motifs is 1. The lowest BCUT2D eigenvalue weighted by Crippen LogP contribution is -2.51. The third kappa shape index (κ3) is 3.59. The minimum atomic E-state index is -0.258. The van der Waals surface area contributed by atoms with E-state index in [2.05, 4.69) is 31.8 Å². The third-order valence-corrected chi connectivity index (χ3v) is 5.67. The van der Waals surface area contributed by atoms with Gasteiger partial charge in [0.05, 0.1) is 41.7 Å². The summed E-state index contributed by atoms with van der Waals surface area (Å²) in [6, 6.07) is 2.02. The molecule has 0 spiro atoms. The monoisotopic (exact) mass is 420 g/mol. The smallest absolute Gasteiger partial charge is 0.410 e. The zero-order valence-corrected chi connectivity index (χ0v) is 17.6. The highest BCUT2D eigenvalue weighted by Crippen LogP contribution is 2.35. The Hall–Kier alpha value is -3.51. The van der Waals surface area contributed by atoms with Gasteiger partial charge in [-0.1, -0.05) is 5.92 Å². The summed E-state index contributed by atoms with van der Waals surface area (Å²) in [5.74, 6) is 6.30. The molecule has 0 saturated carbocycles. The molecule has 0 unspecified atom stereocenters. The number of hydrogen-bond acceptors (Lipinski definition) is 6. The molecule has 5 rings (SSSR count).